The van der Waals surface area contributed by atoms with Crippen LogP contribution in [0.3, 0.4) is 0 Å². The first-order valence-electron chi connectivity index (χ1n) is 15.6. The molecule has 284 valence electrons. The van der Waals surface area contributed by atoms with Gasteiger partial charge in [-0.05, 0) is 62.7 Å². The minimum atomic E-state index is -1.46. The van der Waals surface area contributed by atoms with Crippen molar-refractivity contribution in [2.45, 2.75) is 32.4 Å². The van der Waals surface area contributed by atoms with Crippen LogP contribution in [0.25, 0.3) is 0 Å². The van der Waals surface area contributed by atoms with Crippen LogP contribution in [0.2, 0.25) is 0 Å². The van der Waals surface area contributed by atoms with Gasteiger partial charge in [0.1, 0.15) is 49.0 Å². The molecule has 53 heavy (non-hydrogen) atoms. The second-order valence-electron chi connectivity index (χ2n) is 11.4. The first kappa shape index (κ1) is 41.1. The van der Waals surface area contributed by atoms with E-state index in [9.17, 15) is 19.1 Å². The topological polar surface area (TPSA) is 237 Å². The van der Waals surface area contributed by atoms with Gasteiger partial charge in [0.15, 0.2) is 11.6 Å². The van der Waals surface area contributed by atoms with Crippen molar-refractivity contribution in [1.82, 2.24) is 9.97 Å². The SMILES string of the molecule is C=C(C)COC(=O)N=C(N)c1ccc(NC(C(N)=NC(=Nc2ncccn2)OCOC(=O)OC(C)(C)CF)c2cc(OC)cc(OCCO)c2F)cc1. The standard InChI is InChI=1S/C34H40F2N8O9/c1-20(2)17-50-32(46)43-28(37)21-7-9-22(10-8-21)41-27(24-15-23(48-5)16-25(26(24)36)49-14-13-45)29(38)42-31(44-30-39-11-6-12-40-30)51-19-52-33(47)53-34(3,4)18-35/h6-12,15-16,27,41,45H,1,13-14,17-19H2,2-5H3,(H2,37,43,46)(H2,38,39,40,42,44). The van der Waals surface area contributed by atoms with Crippen molar-refractivity contribution >= 4 is 41.6 Å². The Bertz CT molecular complexity index is 1810. The number of hydrogen-bond donors (Lipinski definition) is 4. The van der Waals surface area contributed by atoms with Gasteiger partial charge >= 0.3 is 18.3 Å². The third-order valence-corrected chi connectivity index (χ3v) is 6.40. The molecule has 0 aliphatic carbocycles. The van der Waals surface area contributed by atoms with Gasteiger partial charge in [-0.1, -0.05) is 6.58 Å². The number of nitrogens with one attached hydrogen (secondary N) is 1. The van der Waals surface area contributed by atoms with E-state index in [2.05, 4.69) is 36.8 Å². The Morgan fingerprint density at radius 1 is 1.08 bits per heavy atom. The number of amidine groups is 3. The molecule has 6 N–H and O–H groups in total. The highest BCUT2D eigenvalue weighted by molar-refractivity contribution is 6.03. The van der Waals surface area contributed by atoms with Crippen molar-refractivity contribution in [2.24, 2.45) is 26.4 Å². The Labute approximate surface area is 303 Å². The molecule has 1 amide bonds. The first-order valence-corrected chi connectivity index (χ1v) is 15.6. The zero-order valence-corrected chi connectivity index (χ0v) is 29.4. The average molecular weight is 743 g/mol. The maximum Gasteiger partial charge on any atom is 0.511 e. The molecule has 0 bridgehead atoms. The van der Waals surface area contributed by atoms with E-state index < -0.39 is 55.8 Å². The molecule has 1 atom stereocenters. The number of aliphatic imine (C=N–C) groups is 3. The van der Waals surface area contributed by atoms with Crippen LogP contribution in [0, 0.1) is 5.82 Å². The molecule has 3 aromatic rings. The van der Waals surface area contributed by atoms with Crippen LogP contribution in [-0.4, -0.2) is 91.0 Å². The van der Waals surface area contributed by atoms with Crippen molar-refractivity contribution in [3.8, 4) is 11.5 Å². The number of amides is 1. The number of aromatic nitrogens is 2. The van der Waals surface area contributed by atoms with Gasteiger partial charge < -0.3 is 50.3 Å². The minimum absolute atomic E-state index is 0.0232. The maximum atomic E-state index is 16.1. The second kappa shape index (κ2) is 19.9. The number of ether oxygens (including phenoxy) is 6. The van der Waals surface area contributed by atoms with Gasteiger partial charge in [0.05, 0.1) is 13.7 Å². The van der Waals surface area contributed by atoms with E-state index in [1.807, 2.05) is 0 Å². The van der Waals surface area contributed by atoms with E-state index in [1.54, 1.807) is 19.1 Å². The molecule has 0 fully saturated rings. The van der Waals surface area contributed by atoms with E-state index in [0.29, 0.717) is 16.8 Å². The fourth-order valence-corrected chi connectivity index (χ4v) is 3.89. The number of nitrogens with two attached hydrogens (primary N) is 2. The first-order chi connectivity index (χ1) is 25.2. The average Bonchev–Trinajstić information content (AvgIpc) is 3.13. The lowest BCUT2D eigenvalue weighted by Crippen LogP contribution is -2.32. The quantitative estimate of drug-likeness (QED) is 0.0521. The molecular formula is C34H40F2N8O9. The third-order valence-electron chi connectivity index (χ3n) is 6.40. The summed E-state index contributed by atoms with van der Waals surface area (Å²) in [5.74, 6) is -1.61. The normalized spacial score (nSPS) is 12.7. The fourth-order valence-electron chi connectivity index (χ4n) is 3.89. The molecular weight excluding hydrogens is 702 g/mol. The van der Waals surface area contributed by atoms with E-state index in [4.69, 9.17) is 39.9 Å². The maximum absolute atomic E-state index is 16.1. The molecule has 17 nitrogen and oxygen atoms in total. The Balaban J connectivity index is 2.04. The van der Waals surface area contributed by atoms with E-state index in [1.165, 1.54) is 63.7 Å². The number of alkyl halides is 1. The monoisotopic (exact) mass is 742 g/mol. The predicted octanol–water partition coefficient (Wildman–Crippen LogP) is 4.49. The molecule has 0 saturated carbocycles. The van der Waals surface area contributed by atoms with Crippen LogP contribution in [-0.2, 0) is 18.9 Å². The third kappa shape index (κ3) is 13.4. The summed E-state index contributed by atoms with van der Waals surface area (Å²) in [7, 11) is 1.35. The molecule has 0 radical (unpaired) electrons. The lowest BCUT2D eigenvalue weighted by atomic mass is 10.0. The van der Waals surface area contributed by atoms with Crippen LogP contribution >= 0.6 is 0 Å². The molecule has 0 aliphatic rings. The molecule has 3 rings (SSSR count). The number of aliphatic hydroxyl groups is 1. The summed E-state index contributed by atoms with van der Waals surface area (Å²) in [6.45, 7) is 5.55. The van der Waals surface area contributed by atoms with Gasteiger partial charge in [0.2, 0.25) is 6.79 Å². The van der Waals surface area contributed by atoms with Crippen LogP contribution < -0.4 is 26.3 Å². The number of benzene rings is 2. The highest BCUT2D eigenvalue weighted by atomic mass is 19.1. The number of rotatable bonds is 16. The Kier molecular flexibility index (Phi) is 15.4. The number of nitrogens with zero attached hydrogens (tertiary/aromatic N) is 5. The highest BCUT2D eigenvalue weighted by Crippen LogP contribution is 2.33. The number of anilines is 1. The molecule has 0 aliphatic heterocycles. The van der Waals surface area contributed by atoms with Crippen molar-refractivity contribution in [3.63, 3.8) is 0 Å². The van der Waals surface area contributed by atoms with E-state index >= 15 is 4.39 Å². The zero-order chi connectivity index (χ0) is 39.0. The van der Waals surface area contributed by atoms with Crippen LogP contribution in [0.4, 0.5) is 30.0 Å². The lowest BCUT2D eigenvalue weighted by Gasteiger charge is -2.23. The Morgan fingerprint density at radius 3 is 2.40 bits per heavy atom. The number of halogens is 2. The largest absolute Gasteiger partial charge is 0.511 e. The van der Waals surface area contributed by atoms with Crippen molar-refractivity contribution < 1.29 is 51.9 Å². The Hall–Kier alpha value is -6.37. The highest BCUT2D eigenvalue weighted by Gasteiger charge is 2.26. The van der Waals surface area contributed by atoms with Crippen LogP contribution in [0.5, 0.6) is 11.5 Å². The molecule has 0 saturated heterocycles. The van der Waals surface area contributed by atoms with Gasteiger partial charge in [0, 0.05) is 35.3 Å². The Morgan fingerprint density at radius 2 is 1.77 bits per heavy atom. The molecule has 0 spiro atoms. The van der Waals surface area contributed by atoms with Crippen LogP contribution in [0.1, 0.15) is 37.9 Å². The second-order valence-corrected chi connectivity index (χ2v) is 11.4. The fraction of sp³-hybridized carbons (Fsp3) is 0.324. The summed E-state index contributed by atoms with van der Waals surface area (Å²) in [6, 6.07) is 8.43. The number of methoxy groups -OCH3 is 1. The summed E-state index contributed by atoms with van der Waals surface area (Å²) < 4.78 is 60.2. The summed E-state index contributed by atoms with van der Waals surface area (Å²) >= 11 is 0. The zero-order valence-electron chi connectivity index (χ0n) is 29.4. The predicted molar refractivity (Wildman–Crippen MR) is 190 cm³/mol. The number of hydrogen-bond acceptors (Lipinski definition) is 13. The van der Waals surface area contributed by atoms with Gasteiger partial charge in [-0.25, -0.2) is 28.3 Å². The molecule has 1 heterocycles. The van der Waals surface area contributed by atoms with Gasteiger partial charge in [-0.3, -0.25) is 0 Å². The minimum Gasteiger partial charge on any atom is -0.497 e. The smallest absolute Gasteiger partial charge is 0.497 e. The van der Waals surface area contributed by atoms with Crippen LogP contribution in [0.15, 0.2) is 82.0 Å². The van der Waals surface area contributed by atoms with E-state index in [0.717, 1.165) is 0 Å². The van der Waals surface area contributed by atoms with Gasteiger partial charge in [-0.15, -0.1) is 0 Å². The number of aliphatic hydroxyl groups excluding tert-OH is 1. The summed E-state index contributed by atoms with van der Waals surface area (Å²) in [5.41, 5.74) is 12.2. The van der Waals surface area contributed by atoms with Gasteiger partial charge in [0.25, 0.3) is 5.95 Å². The number of carbonyl (C=O) groups excluding carboxylic acids is 2. The molecule has 1 unspecified atom stereocenters. The molecule has 2 aromatic carbocycles. The number of carbonyl (C=O) groups is 2. The lowest BCUT2D eigenvalue weighted by molar-refractivity contribution is -0.0528. The summed E-state index contributed by atoms with van der Waals surface area (Å²) in [4.78, 5) is 44.2. The summed E-state index contributed by atoms with van der Waals surface area (Å²) in [6.07, 6.45) is 0.626. The van der Waals surface area contributed by atoms with Crippen molar-refractivity contribution in [1.29, 1.82) is 0 Å². The van der Waals surface area contributed by atoms with Gasteiger partial charge in [-0.2, -0.15) is 15.0 Å². The van der Waals surface area contributed by atoms with Crippen molar-refractivity contribution in [3.05, 3.63) is 84.0 Å². The molecule has 19 heteroatoms. The van der Waals surface area contributed by atoms with E-state index in [-0.39, 0.29) is 47.9 Å². The summed E-state index contributed by atoms with van der Waals surface area (Å²) in [5, 5.41) is 12.4. The molecule has 1 aromatic heterocycles. The van der Waals surface area contributed by atoms with Crippen molar-refractivity contribution in [2.75, 3.05) is 45.7 Å².